The summed E-state index contributed by atoms with van der Waals surface area (Å²) >= 11 is 0. The molecule has 2 N–H and O–H groups in total. The van der Waals surface area contributed by atoms with Crippen LogP contribution in [0.3, 0.4) is 0 Å². The molecule has 0 atom stereocenters. The van der Waals surface area contributed by atoms with Gasteiger partial charge in [-0.2, -0.15) is 0 Å². The van der Waals surface area contributed by atoms with Gasteiger partial charge in [0.1, 0.15) is 12.4 Å². The highest BCUT2D eigenvalue weighted by atomic mass is 16.5. The average Bonchev–Trinajstić information content (AvgIpc) is 3.30. The molecule has 0 saturated heterocycles. The molecule has 0 unspecified atom stereocenters. The Morgan fingerprint density at radius 1 is 1.35 bits per heavy atom. The number of hydrogen-bond donors (Lipinski definition) is 1. The Morgan fingerprint density at radius 2 is 2.05 bits per heavy atom. The number of nitrogens with zero attached hydrogens (tertiary/aromatic N) is 1. The minimum atomic E-state index is 0.0387. The fourth-order valence-electron chi connectivity index (χ4n) is 2.06. The highest BCUT2D eigenvalue weighted by Gasteiger charge is 2.32. The molecular weight excluding hydrogens is 256 g/mol. The predicted molar refractivity (Wildman–Crippen MR) is 76.4 cm³/mol. The van der Waals surface area contributed by atoms with Gasteiger partial charge in [0, 0.05) is 19.1 Å². The lowest BCUT2D eigenvalue weighted by molar-refractivity contribution is -0.137. The Bertz CT molecular complexity index is 429. The number of amides is 1. The van der Waals surface area contributed by atoms with E-state index in [4.69, 9.17) is 15.2 Å². The normalized spacial score (nSPS) is 14.1. The van der Waals surface area contributed by atoms with Crippen LogP contribution in [0.25, 0.3) is 0 Å². The highest BCUT2D eigenvalue weighted by molar-refractivity contribution is 5.78. The van der Waals surface area contributed by atoms with Gasteiger partial charge in [0.2, 0.25) is 5.91 Å². The molecule has 5 heteroatoms. The molecule has 1 aliphatic carbocycles. The SMILES string of the molecule is COc1ccc(CN(C(=O)COCCN)C2CC2)cc1. The van der Waals surface area contributed by atoms with E-state index < -0.39 is 0 Å². The molecule has 1 aromatic carbocycles. The summed E-state index contributed by atoms with van der Waals surface area (Å²) in [6.45, 7) is 1.60. The minimum Gasteiger partial charge on any atom is -0.497 e. The summed E-state index contributed by atoms with van der Waals surface area (Å²) in [5.41, 5.74) is 6.45. The van der Waals surface area contributed by atoms with E-state index in [0.29, 0.717) is 25.7 Å². The third kappa shape index (κ3) is 4.21. The quantitative estimate of drug-likeness (QED) is 0.725. The Hall–Kier alpha value is -1.59. The first-order chi connectivity index (χ1) is 9.74. The summed E-state index contributed by atoms with van der Waals surface area (Å²) in [7, 11) is 1.64. The molecule has 5 nitrogen and oxygen atoms in total. The van der Waals surface area contributed by atoms with Crippen molar-refractivity contribution < 1.29 is 14.3 Å². The molecule has 0 radical (unpaired) electrons. The highest BCUT2D eigenvalue weighted by Crippen LogP contribution is 2.28. The summed E-state index contributed by atoms with van der Waals surface area (Å²) in [4.78, 5) is 14.1. The summed E-state index contributed by atoms with van der Waals surface area (Å²) in [5, 5.41) is 0. The van der Waals surface area contributed by atoms with Crippen molar-refractivity contribution in [3.63, 3.8) is 0 Å². The largest absolute Gasteiger partial charge is 0.497 e. The average molecular weight is 278 g/mol. The van der Waals surface area contributed by atoms with Crippen molar-refractivity contribution in [3.05, 3.63) is 29.8 Å². The van der Waals surface area contributed by atoms with Crippen molar-refractivity contribution >= 4 is 5.91 Å². The number of rotatable bonds is 8. The number of hydrogen-bond acceptors (Lipinski definition) is 4. The zero-order valence-electron chi connectivity index (χ0n) is 11.9. The van der Waals surface area contributed by atoms with Gasteiger partial charge in [0.15, 0.2) is 0 Å². The lowest BCUT2D eigenvalue weighted by atomic mass is 10.2. The second-order valence-electron chi connectivity index (χ2n) is 4.94. The second kappa shape index (κ2) is 7.26. The molecule has 1 amide bonds. The van der Waals surface area contributed by atoms with Gasteiger partial charge in [0.05, 0.1) is 13.7 Å². The molecule has 20 heavy (non-hydrogen) atoms. The molecule has 1 aliphatic rings. The monoisotopic (exact) mass is 278 g/mol. The zero-order valence-corrected chi connectivity index (χ0v) is 11.9. The van der Waals surface area contributed by atoms with Crippen LogP contribution in [0, 0.1) is 0 Å². The molecule has 0 aromatic heterocycles. The second-order valence-corrected chi connectivity index (χ2v) is 4.94. The minimum absolute atomic E-state index is 0.0387. The van der Waals surface area contributed by atoms with E-state index in [1.54, 1.807) is 7.11 Å². The Kier molecular flexibility index (Phi) is 5.38. The van der Waals surface area contributed by atoms with Crippen molar-refractivity contribution in [1.29, 1.82) is 0 Å². The molecule has 2 rings (SSSR count). The molecule has 1 aromatic rings. The molecule has 0 bridgehead atoms. The zero-order chi connectivity index (χ0) is 14.4. The maximum atomic E-state index is 12.2. The standard InChI is InChI=1S/C15H22N2O3/c1-19-14-6-2-12(3-7-14)10-17(13-4-5-13)15(18)11-20-9-8-16/h2-3,6-7,13H,4-5,8-11,16H2,1H3. The number of methoxy groups -OCH3 is 1. The number of carbonyl (C=O) groups excluding carboxylic acids is 1. The topological polar surface area (TPSA) is 64.8 Å². The van der Waals surface area contributed by atoms with E-state index in [1.165, 1.54) is 0 Å². The van der Waals surface area contributed by atoms with Gasteiger partial charge < -0.3 is 20.1 Å². The number of ether oxygens (including phenoxy) is 2. The van der Waals surface area contributed by atoms with E-state index in [0.717, 1.165) is 24.2 Å². The van der Waals surface area contributed by atoms with Gasteiger partial charge in [0.25, 0.3) is 0 Å². The smallest absolute Gasteiger partial charge is 0.249 e. The molecule has 0 spiro atoms. The molecule has 1 fully saturated rings. The Labute approximate surface area is 119 Å². The first kappa shape index (κ1) is 14.8. The van der Waals surface area contributed by atoms with Crippen LogP contribution in [0.15, 0.2) is 24.3 Å². The number of nitrogens with two attached hydrogens (primary N) is 1. The number of benzene rings is 1. The van der Waals surface area contributed by atoms with E-state index in [1.807, 2.05) is 29.2 Å². The first-order valence-electron chi connectivity index (χ1n) is 6.95. The fraction of sp³-hybridized carbons (Fsp3) is 0.533. The maximum absolute atomic E-state index is 12.2. The summed E-state index contributed by atoms with van der Waals surface area (Å²) in [6.07, 6.45) is 2.16. The van der Waals surface area contributed by atoms with Crippen LogP contribution in [0.5, 0.6) is 5.75 Å². The summed E-state index contributed by atoms with van der Waals surface area (Å²) in [5.74, 6) is 0.862. The fourth-order valence-corrected chi connectivity index (χ4v) is 2.06. The van der Waals surface area contributed by atoms with E-state index in [2.05, 4.69) is 0 Å². The molecule has 0 aliphatic heterocycles. The van der Waals surface area contributed by atoms with Crippen LogP contribution in [-0.2, 0) is 16.1 Å². The van der Waals surface area contributed by atoms with E-state index in [9.17, 15) is 4.79 Å². The van der Waals surface area contributed by atoms with Gasteiger partial charge >= 0.3 is 0 Å². The van der Waals surface area contributed by atoms with Gasteiger partial charge in [-0.3, -0.25) is 4.79 Å². The number of carbonyl (C=O) groups is 1. The van der Waals surface area contributed by atoms with Crippen molar-refractivity contribution in [2.45, 2.75) is 25.4 Å². The van der Waals surface area contributed by atoms with Gasteiger partial charge in [-0.1, -0.05) is 12.1 Å². The van der Waals surface area contributed by atoms with Crippen LogP contribution in [0.2, 0.25) is 0 Å². The van der Waals surface area contributed by atoms with Gasteiger partial charge in [-0.15, -0.1) is 0 Å². The van der Waals surface area contributed by atoms with Crippen molar-refractivity contribution in [2.75, 3.05) is 26.9 Å². The third-order valence-corrected chi connectivity index (χ3v) is 3.31. The van der Waals surface area contributed by atoms with Gasteiger partial charge in [-0.25, -0.2) is 0 Å². The predicted octanol–water partition coefficient (Wildman–Crippen LogP) is 1.16. The first-order valence-corrected chi connectivity index (χ1v) is 6.95. The molecule has 0 heterocycles. The lowest BCUT2D eigenvalue weighted by Crippen LogP contribution is -2.35. The van der Waals surface area contributed by atoms with Crippen LogP contribution in [0.4, 0.5) is 0 Å². The molecular formula is C15H22N2O3. The van der Waals surface area contributed by atoms with Crippen LogP contribution >= 0.6 is 0 Å². The Balaban J connectivity index is 1.92. The van der Waals surface area contributed by atoms with Crippen LogP contribution < -0.4 is 10.5 Å². The van der Waals surface area contributed by atoms with Crippen molar-refractivity contribution in [3.8, 4) is 5.75 Å². The lowest BCUT2D eigenvalue weighted by Gasteiger charge is -2.22. The van der Waals surface area contributed by atoms with Gasteiger partial charge in [-0.05, 0) is 30.5 Å². The van der Waals surface area contributed by atoms with Crippen molar-refractivity contribution in [2.24, 2.45) is 5.73 Å². The van der Waals surface area contributed by atoms with E-state index in [-0.39, 0.29) is 12.5 Å². The Morgan fingerprint density at radius 3 is 2.60 bits per heavy atom. The summed E-state index contributed by atoms with van der Waals surface area (Å²) < 4.78 is 10.4. The molecule has 1 saturated carbocycles. The maximum Gasteiger partial charge on any atom is 0.249 e. The van der Waals surface area contributed by atoms with E-state index >= 15 is 0 Å². The summed E-state index contributed by atoms with van der Waals surface area (Å²) in [6, 6.07) is 8.17. The van der Waals surface area contributed by atoms with Crippen LogP contribution in [-0.4, -0.2) is 43.7 Å². The third-order valence-electron chi connectivity index (χ3n) is 3.31. The van der Waals surface area contributed by atoms with Crippen molar-refractivity contribution in [1.82, 2.24) is 4.90 Å². The van der Waals surface area contributed by atoms with Crippen LogP contribution in [0.1, 0.15) is 18.4 Å². The molecule has 110 valence electrons.